The third kappa shape index (κ3) is 3.71. The first-order chi connectivity index (χ1) is 6.74. The van der Waals surface area contributed by atoms with Crippen molar-refractivity contribution in [2.24, 2.45) is 0 Å². The monoisotopic (exact) mass is 271 g/mol. The highest BCUT2D eigenvalue weighted by molar-refractivity contribution is 9.10. The molecule has 0 radical (unpaired) electrons. The summed E-state index contributed by atoms with van der Waals surface area (Å²) in [5.41, 5.74) is 1.09. The Kier molecular flexibility index (Phi) is 5.03. The molecule has 0 aromatic heterocycles. The molecule has 0 saturated carbocycles. The first-order valence-corrected chi connectivity index (χ1v) is 5.45. The van der Waals surface area contributed by atoms with Gasteiger partial charge < -0.3 is 5.32 Å². The summed E-state index contributed by atoms with van der Waals surface area (Å²) in [5, 5.41) is 3.96. The number of benzene rings is 1. The van der Waals surface area contributed by atoms with Crippen LogP contribution in [0.4, 0.5) is 0 Å². The molecule has 1 nitrogen and oxygen atoms in total. The second-order valence-electron chi connectivity index (χ2n) is 2.77. The molecule has 3 heteroatoms. The zero-order chi connectivity index (χ0) is 10.4. The standard InChI is InChI=1S/C11H11BrClN/c1-2-3-6-14-8-9-4-5-10(12)7-11(9)13/h4-5,7,14H,6,8H2,1H3. The molecule has 1 aromatic carbocycles. The summed E-state index contributed by atoms with van der Waals surface area (Å²) in [6.07, 6.45) is 0. The van der Waals surface area contributed by atoms with Crippen molar-refractivity contribution in [2.45, 2.75) is 13.5 Å². The summed E-state index contributed by atoms with van der Waals surface area (Å²) >= 11 is 9.40. The van der Waals surface area contributed by atoms with Crippen molar-refractivity contribution in [3.63, 3.8) is 0 Å². The second-order valence-corrected chi connectivity index (χ2v) is 4.09. The Morgan fingerprint density at radius 2 is 2.29 bits per heavy atom. The molecule has 0 heterocycles. The second kappa shape index (κ2) is 6.08. The van der Waals surface area contributed by atoms with Crippen molar-refractivity contribution >= 4 is 27.5 Å². The predicted octanol–water partition coefficient (Wildman–Crippen LogP) is 3.22. The summed E-state index contributed by atoms with van der Waals surface area (Å²) in [6, 6.07) is 5.87. The SMILES string of the molecule is CC#CCNCc1ccc(Br)cc1Cl. The lowest BCUT2D eigenvalue weighted by molar-refractivity contribution is 0.770. The van der Waals surface area contributed by atoms with Crippen LogP contribution in [-0.4, -0.2) is 6.54 Å². The van der Waals surface area contributed by atoms with E-state index in [1.807, 2.05) is 25.1 Å². The Labute approximate surface area is 98.0 Å². The van der Waals surface area contributed by atoms with Crippen LogP contribution in [0.25, 0.3) is 0 Å². The molecule has 1 aromatic rings. The van der Waals surface area contributed by atoms with Crippen molar-refractivity contribution in [2.75, 3.05) is 6.54 Å². The lowest BCUT2D eigenvalue weighted by Crippen LogP contribution is -2.13. The molecule has 74 valence electrons. The summed E-state index contributed by atoms with van der Waals surface area (Å²) in [4.78, 5) is 0. The Morgan fingerprint density at radius 3 is 2.93 bits per heavy atom. The van der Waals surface area contributed by atoms with Crippen LogP contribution in [0, 0.1) is 11.8 Å². The molecule has 14 heavy (non-hydrogen) atoms. The van der Waals surface area contributed by atoms with E-state index in [9.17, 15) is 0 Å². The minimum atomic E-state index is 0.697. The van der Waals surface area contributed by atoms with Crippen molar-refractivity contribution < 1.29 is 0 Å². The third-order valence-electron chi connectivity index (χ3n) is 1.72. The number of nitrogens with one attached hydrogen (secondary N) is 1. The van der Waals surface area contributed by atoms with Gasteiger partial charge in [-0.2, -0.15) is 0 Å². The topological polar surface area (TPSA) is 12.0 Å². The van der Waals surface area contributed by atoms with Gasteiger partial charge in [0, 0.05) is 16.0 Å². The van der Waals surface area contributed by atoms with Crippen LogP contribution in [0.5, 0.6) is 0 Å². The van der Waals surface area contributed by atoms with E-state index in [0.29, 0.717) is 6.54 Å². The molecule has 0 fully saturated rings. The van der Waals surface area contributed by atoms with Crippen LogP contribution in [0.1, 0.15) is 12.5 Å². The van der Waals surface area contributed by atoms with Crippen LogP contribution in [0.2, 0.25) is 5.02 Å². The fourth-order valence-electron chi connectivity index (χ4n) is 1.01. The van der Waals surface area contributed by atoms with E-state index in [4.69, 9.17) is 11.6 Å². The molecule has 0 saturated heterocycles. The maximum absolute atomic E-state index is 6.04. The van der Waals surface area contributed by atoms with E-state index >= 15 is 0 Å². The molecule has 1 rings (SSSR count). The van der Waals surface area contributed by atoms with Crippen molar-refractivity contribution in [1.82, 2.24) is 5.32 Å². The lowest BCUT2D eigenvalue weighted by atomic mass is 10.2. The van der Waals surface area contributed by atoms with Gasteiger partial charge in [0.2, 0.25) is 0 Å². The maximum Gasteiger partial charge on any atom is 0.0579 e. The molecular weight excluding hydrogens is 261 g/mol. The smallest absolute Gasteiger partial charge is 0.0579 e. The van der Waals surface area contributed by atoms with Gasteiger partial charge in [0.1, 0.15) is 0 Å². The maximum atomic E-state index is 6.04. The predicted molar refractivity (Wildman–Crippen MR) is 64.3 cm³/mol. The van der Waals surface area contributed by atoms with Crippen LogP contribution < -0.4 is 5.32 Å². The highest BCUT2D eigenvalue weighted by Gasteiger charge is 1.99. The molecule has 0 unspecified atom stereocenters. The number of rotatable bonds is 3. The van der Waals surface area contributed by atoms with E-state index in [1.54, 1.807) is 0 Å². The molecule has 0 aliphatic rings. The molecule has 0 bridgehead atoms. The fraction of sp³-hybridized carbons (Fsp3) is 0.273. The largest absolute Gasteiger partial charge is 0.302 e. The van der Waals surface area contributed by atoms with Gasteiger partial charge >= 0.3 is 0 Å². The molecule has 0 aliphatic carbocycles. The van der Waals surface area contributed by atoms with E-state index in [2.05, 4.69) is 33.1 Å². The van der Waals surface area contributed by atoms with Gasteiger partial charge in [-0.25, -0.2) is 0 Å². The molecule has 1 N–H and O–H groups in total. The van der Waals surface area contributed by atoms with Gasteiger partial charge in [-0.15, -0.1) is 5.92 Å². The lowest BCUT2D eigenvalue weighted by Gasteiger charge is -2.04. The Morgan fingerprint density at radius 1 is 1.50 bits per heavy atom. The molecule has 0 spiro atoms. The van der Waals surface area contributed by atoms with Gasteiger partial charge in [-0.05, 0) is 24.6 Å². The number of hydrogen-bond donors (Lipinski definition) is 1. The summed E-state index contributed by atoms with van der Waals surface area (Å²) < 4.78 is 1.000. The fourth-order valence-corrected chi connectivity index (χ4v) is 1.75. The average molecular weight is 273 g/mol. The zero-order valence-electron chi connectivity index (χ0n) is 7.90. The van der Waals surface area contributed by atoms with Crippen molar-refractivity contribution in [3.05, 3.63) is 33.3 Å². The molecular formula is C11H11BrClN. The van der Waals surface area contributed by atoms with Gasteiger partial charge in [0.05, 0.1) is 6.54 Å². The summed E-state index contributed by atoms with van der Waals surface area (Å²) in [6.45, 7) is 3.28. The van der Waals surface area contributed by atoms with Crippen molar-refractivity contribution in [1.29, 1.82) is 0 Å². The molecule has 0 aliphatic heterocycles. The zero-order valence-corrected chi connectivity index (χ0v) is 10.2. The molecule has 0 atom stereocenters. The Balaban J connectivity index is 2.53. The first-order valence-electron chi connectivity index (χ1n) is 4.28. The molecule has 0 amide bonds. The van der Waals surface area contributed by atoms with Crippen LogP contribution in [0.15, 0.2) is 22.7 Å². The highest BCUT2D eigenvalue weighted by Crippen LogP contribution is 2.20. The van der Waals surface area contributed by atoms with Crippen LogP contribution in [-0.2, 0) is 6.54 Å². The van der Waals surface area contributed by atoms with Crippen LogP contribution in [0.3, 0.4) is 0 Å². The van der Waals surface area contributed by atoms with E-state index in [1.165, 1.54) is 0 Å². The summed E-state index contributed by atoms with van der Waals surface area (Å²) in [5.74, 6) is 5.76. The van der Waals surface area contributed by atoms with E-state index < -0.39 is 0 Å². The normalized spacial score (nSPS) is 9.36. The average Bonchev–Trinajstić information content (AvgIpc) is 2.15. The number of halogens is 2. The third-order valence-corrected chi connectivity index (χ3v) is 2.57. The van der Waals surface area contributed by atoms with Gasteiger partial charge in [0.25, 0.3) is 0 Å². The van der Waals surface area contributed by atoms with E-state index in [0.717, 1.165) is 21.6 Å². The van der Waals surface area contributed by atoms with Crippen LogP contribution >= 0.6 is 27.5 Å². The van der Waals surface area contributed by atoms with Gasteiger partial charge in [-0.1, -0.05) is 39.5 Å². The quantitative estimate of drug-likeness (QED) is 0.658. The Bertz CT molecular complexity index is 365. The highest BCUT2D eigenvalue weighted by atomic mass is 79.9. The van der Waals surface area contributed by atoms with Gasteiger partial charge in [-0.3, -0.25) is 0 Å². The van der Waals surface area contributed by atoms with Gasteiger partial charge in [0.15, 0.2) is 0 Å². The Hall–Kier alpha value is -0.490. The minimum absolute atomic E-state index is 0.697. The minimum Gasteiger partial charge on any atom is -0.302 e. The van der Waals surface area contributed by atoms with Crippen molar-refractivity contribution in [3.8, 4) is 11.8 Å². The number of hydrogen-bond acceptors (Lipinski definition) is 1. The van der Waals surface area contributed by atoms with E-state index in [-0.39, 0.29) is 0 Å². The summed E-state index contributed by atoms with van der Waals surface area (Å²) in [7, 11) is 0. The first kappa shape index (κ1) is 11.6.